The van der Waals surface area contributed by atoms with Gasteiger partial charge in [0, 0.05) is 23.1 Å². The third kappa shape index (κ3) is 2.30. The number of nitrogens with zero attached hydrogens (tertiary/aromatic N) is 2. The highest BCUT2D eigenvalue weighted by Crippen LogP contribution is 2.14. The van der Waals surface area contributed by atoms with Gasteiger partial charge in [-0.15, -0.1) is 0 Å². The highest BCUT2D eigenvalue weighted by atomic mass is 16.1. The molecule has 0 aliphatic carbocycles. The van der Waals surface area contributed by atoms with Crippen LogP contribution in [0.1, 0.15) is 16.1 Å². The Morgan fingerprint density at radius 2 is 2.11 bits per heavy atom. The molecule has 2 aromatic heterocycles. The lowest BCUT2D eigenvalue weighted by Gasteiger charge is -2.05. The lowest BCUT2D eigenvalue weighted by molar-refractivity contribution is 0.102. The van der Waals surface area contributed by atoms with Crippen LogP contribution in [0.15, 0.2) is 42.9 Å². The molecule has 2 heterocycles. The van der Waals surface area contributed by atoms with E-state index in [1.54, 1.807) is 30.7 Å². The lowest BCUT2D eigenvalue weighted by atomic mass is 10.2. The molecular weight excluding hydrogens is 240 g/mol. The van der Waals surface area contributed by atoms with E-state index in [4.69, 9.17) is 0 Å². The molecule has 2 N–H and O–H groups in total. The van der Waals surface area contributed by atoms with E-state index >= 15 is 0 Å². The molecule has 19 heavy (non-hydrogen) atoms. The molecule has 0 aliphatic heterocycles. The third-order valence-electron chi connectivity index (χ3n) is 2.84. The predicted molar refractivity (Wildman–Crippen MR) is 73.0 cm³/mol. The van der Waals surface area contributed by atoms with Gasteiger partial charge in [-0.2, -0.15) is 0 Å². The van der Waals surface area contributed by atoms with Crippen molar-refractivity contribution in [3.63, 3.8) is 0 Å². The summed E-state index contributed by atoms with van der Waals surface area (Å²) in [5, 5.41) is 2.84. The molecule has 3 rings (SSSR count). The van der Waals surface area contributed by atoms with Crippen molar-refractivity contribution >= 4 is 22.6 Å². The summed E-state index contributed by atoms with van der Waals surface area (Å²) in [6.45, 7) is 1.88. The fourth-order valence-electron chi connectivity index (χ4n) is 1.90. The van der Waals surface area contributed by atoms with Crippen LogP contribution in [0.5, 0.6) is 0 Å². The van der Waals surface area contributed by atoms with Crippen molar-refractivity contribution in [2.24, 2.45) is 0 Å². The quantitative estimate of drug-likeness (QED) is 0.736. The van der Waals surface area contributed by atoms with Crippen molar-refractivity contribution in [3.8, 4) is 0 Å². The van der Waals surface area contributed by atoms with Crippen molar-refractivity contribution in [2.75, 3.05) is 5.32 Å². The summed E-state index contributed by atoms with van der Waals surface area (Å²) < 4.78 is 0. The number of pyridine rings is 1. The van der Waals surface area contributed by atoms with Crippen molar-refractivity contribution in [1.82, 2.24) is 15.0 Å². The zero-order valence-electron chi connectivity index (χ0n) is 10.3. The molecule has 0 aliphatic rings. The maximum absolute atomic E-state index is 12.1. The van der Waals surface area contributed by atoms with Gasteiger partial charge in [0.2, 0.25) is 0 Å². The number of rotatable bonds is 2. The summed E-state index contributed by atoms with van der Waals surface area (Å²) in [6.07, 6.45) is 3.28. The fraction of sp³-hybridized carbons (Fsp3) is 0.0714. The number of aromatic nitrogens is 3. The number of hydrogen-bond acceptors (Lipinski definition) is 3. The molecule has 1 amide bonds. The molecule has 0 spiro atoms. The fourth-order valence-corrected chi connectivity index (χ4v) is 1.90. The molecule has 0 fully saturated rings. The second kappa shape index (κ2) is 4.53. The molecule has 0 radical (unpaired) electrons. The summed E-state index contributed by atoms with van der Waals surface area (Å²) in [4.78, 5) is 23.3. The van der Waals surface area contributed by atoms with Crippen molar-refractivity contribution < 1.29 is 4.79 Å². The number of carbonyl (C=O) groups excluding carboxylic acids is 1. The largest absolute Gasteiger partial charge is 0.345 e. The van der Waals surface area contributed by atoms with Crippen LogP contribution < -0.4 is 5.32 Å². The highest BCUT2D eigenvalue weighted by Gasteiger charge is 2.07. The van der Waals surface area contributed by atoms with Gasteiger partial charge in [-0.25, -0.2) is 4.98 Å². The average molecular weight is 252 g/mol. The first kappa shape index (κ1) is 11.4. The Hall–Kier alpha value is -2.69. The Labute approximate surface area is 109 Å². The Morgan fingerprint density at radius 3 is 2.95 bits per heavy atom. The monoisotopic (exact) mass is 252 g/mol. The Bertz CT molecular complexity index is 748. The number of amides is 1. The smallest absolute Gasteiger partial charge is 0.255 e. The summed E-state index contributed by atoms with van der Waals surface area (Å²) in [7, 11) is 0. The second-order valence-electron chi connectivity index (χ2n) is 4.27. The number of nitrogens with one attached hydrogen (secondary N) is 2. The van der Waals surface area contributed by atoms with E-state index in [1.165, 1.54) is 0 Å². The van der Waals surface area contributed by atoms with E-state index in [0.717, 1.165) is 22.4 Å². The third-order valence-corrected chi connectivity index (χ3v) is 2.84. The summed E-state index contributed by atoms with van der Waals surface area (Å²) >= 11 is 0. The van der Waals surface area contributed by atoms with Crippen molar-refractivity contribution in [2.45, 2.75) is 6.92 Å². The van der Waals surface area contributed by atoms with E-state index in [-0.39, 0.29) is 5.91 Å². The number of aryl methyl sites for hydroxylation is 1. The number of hydrogen-bond donors (Lipinski definition) is 2. The van der Waals surface area contributed by atoms with Gasteiger partial charge in [-0.05, 0) is 37.3 Å². The van der Waals surface area contributed by atoms with Gasteiger partial charge in [-0.1, -0.05) is 0 Å². The Morgan fingerprint density at radius 1 is 1.21 bits per heavy atom. The van der Waals surface area contributed by atoms with E-state index < -0.39 is 0 Å². The number of benzene rings is 1. The van der Waals surface area contributed by atoms with Gasteiger partial charge in [-0.3, -0.25) is 9.78 Å². The van der Waals surface area contributed by atoms with Crippen LogP contribution >= 0.6 is 0 Å². The highest BCUT2D eigenvalue weighted by molar-refractivity contribution is 6.05. The summed E-state index contributed by atoms with van der Waals surface area (Å²) in [5.74, 6) is -0.151. The van der Waals surface area contributed by atoms with Gasteiger partial charge in [0.1, 0.15) is 0 Å². The van der Waals surface area contributed by atoms with Crippen LogP contribution in [0.2, 0.25) is 0 Å². The van der Waals surface area contributed by atoms with Crippen LogP contribution in [0, 0.1) is 6.92 Å². The number of imidazole rings is 1. The number of aromatic amines is 1. The predicted octanol–water partition coefficient (Wildman–Crippen LogP) is 2.52. The van der Waals surface area contributed by atoms with Gasteiger partial charge < -0.3 is 10.3 Å². The van der Waals surface area contributed by atoms with E-state index in [1.807, 2.05) is 19.1 Å². The molecule has 3 aromatic rings. The molecular formula is C14H12N4O. The van der Waals surface area contributed by atoms with Gasteiger partial charge in [0.15, 0.2) is 0 Å². The van der Waals surface area contributed by atoms with E-state index in [9.17, 15) is 4.79 Å². The maximum Gasteiger partial charge on any atom is 0.255 e. The normalized spacial score (nSPS) is 10.6. The number of fused-ring (bicyclic) bond motifs is 1. The van der Waals surface area contributed by atoms with Crippen LogP contribution in [0.4, 0.5) is 5.69 Å². The number of carbonyl (C=O) groups is 1. The molecule has 94 valence electrons. The molecule has 0 saturated heterocycles. The van der Waals surface area contributed by atoms with E-state index in [2.05, 4.69) is 20.3 Å². The van der Waals surface area contributed by atoms with Crippen molar-refractivity contribution in [1.29, 1.82) is 0 Å². The van der Waals surface area contributed by atoms with Gasteiger partial charge in [0.25, 0.3) is 5.91 Å². The molecule has 0 saturated carbocycles. The minimum absolute atomic E-state index is 0.151. The molecule has 1 aromatic carbocycles. The Kier molecular flexibility index (Phi) is 2.72. The van der Waals surface area contributed by atoms with Crippen molar-refractivity contribution in [3.05, 3.63) is 54.1 Å². The number of anilines is 1. The lowest BCUT2D eigenvalue weighted by Crippen LogP contribution is -2.11. The summed E-state index contributed by atoms with van der Waals surface area (Å²) in [6, 6.07) is 8.95. The zero-order valence-corrected chi connectivity index (χ0v) is 10.3. The standard InChI is InChI=1S/C14H12N4O/c1-9-6-11(4-5-15-9)18-14(19)10-2-3-12-13(7-10)17-8-16-12/h2-8H,1H3,(H,16,17)(H,15,18,19). The van der Waals surface area contributed by atoms with Crippen LogP contribution in [-0.4, -0.2) is 20.9 Å². The van der Waals surface area contributed by atoms with Crippen LogP contribution in [-0.2, 0) is 0 Å². The number of H-pyrrole nitrogens is 1. The first-order valence-electron chi connectivity index (χ1n) is 5.89. The first-order chi connectivity index (χ1) is 9.22. The van der Waals surface area contributed by atoms with Crippen LogP contribution in [0.25, 0.3) is 11.0 Å². The maximum atomic E-state index is 12.1. The van der Waals surface area contributed by atoms with Gasteiger partial charge in [0.05, 0.1) is 17.4 Å². The molecule has 0 bridgehead atoms. The second-order valence-corrected chi connectivity index (χ2v) is 4.27. The topological polar surface area (TPSA) is 70.7 Å². The first-order valence-corrected chi connectivity index (χ1v) is 5.89. The average Bonchev–Trinajstić information content (AvgIpc) is 2.85. The molecule has 0 unspecified atom stereocenters. The van der Waals surface area contributed by atoms with Gasteiger partial charge >= 0.3 is 0 Å². The molecule has 5 heteroatoms. The minimum Gasteiger partial charge on any atom is -0.345 e. The summed E-state index contributed by atoms with van der Waals surface area (Å²) in [5.41, 5.74) is 3.88. The zero-order chi connectivity index (χ0) is 13.2. The SMILES string of the molecule is Cc1cc(NC(=O)c2ccc3nc[nH]c3c2)ccn1. The molecule has 0 atom stereocenters. The van der Waals surface area contributed by atoms with Crippen LogP contribution in [0.3, 0.4) is 0 Å². The Balaban J connectivity index is 1.87. The molecule has 5 nitrogen and oxygen atoms in total. The minimum atomic E-state index is -0.151. The van der Waals surface area contributed by atoms with E-state index in [0.29, 0.717) is 5.56 Å².